The summed E-state index contributed by atoms with van der Waals surface area (Å²) in [5.41, 5.74) is 5.36. The standard InChI is InChI=1S/C13H20N2O6/c1-21-12(9(17)7-16)10(18)11(19)13(20)15-14-8-5-3-2-4-6-8/h2-6,9-12,14,16-19H,7H2,1H3,(H,15,20)/t9-,10-,11+,12+/m1/s1. The fourth-order valence-electron chi connectivity index (χ4n) is 1.69. The van der Waals surface area contributed by atoms with Crippen molar-refractivity contribution in [2.75, 3.05) is 19.1 Å². The molecule has 0 aliphatic heterocycles. The Morgan fingerprint density at radius 1 is 1.24 bits per heavy atom. The highest BCUT2D eigenvalue weighted by molar-refractivity contribution is 5.82. The van der Waals surface area contributed by atoms with Crippen LogP contribution in [0.25, 0.3) is 0 Å². The lowest BCUT2D eigenvalue weighted by Gasteiger charge is -2.27. The van der Waals surface area contributed by atoms with E-state index in [1.807, 2.05) is 0 Å². The second-order valence-electron chi connectivity index (χ2n) is 4.37. The molecule has 8 nitrogen and oxygen atoms in total. The molecule has 0 aromatic heterocycles. The second-order valence-corrected chi connectivity index (χ2v) is 4.37. The van der Waals surface area contributed by atoms with Gasteiger partial charge in [0.1, 0.15) is 18.3 Å². The van der Waals surface area contributed by atoms with Crippen LogP contribution < -0.4 is 10.9 Å². The Bertz CT molecular complexity index is 430. The number of carbonyl (C=O) groups excluding carboxylic acids is 1. The van der Waals surface area contributed by atoms with Gasteiger partial charge in [0.25, 0.3) is 5.91 Å². The molecule has 1 aromatic rings. The summed E-state index contributed by atoms with van der Waals surface area (Å²) in [6.45, 7) is -0.674. The maximum Gasteiger partial charge on any atom is 0.269 e. The Labute approximate surface area is 122 Å². The predicted octanol–water partition coefficient (Wildman–Crippen LogP) is -1.78. The lowest BCUT2D eigenvalue weighted by molar-refractivity contribution is -0.153. The fourth-order valence-corrected chi connectivity index (χ4v) is 1.69. The molecule has 0 radical (unpaired) electrons. The summed E-state index contributed by atoms with van der Waals surface area (Å²) in [5.74, 6) is -0.904. The number of para-hydroxylation sites is 1. The lowest BCUT2D eigenvalue weighted by Crippen LogP contribution is -2.53. The van der Waals surface area contributed by atoms with Crippen molar-refractivity contribution in [1.29, 1.82) is 0 Å². The first kappa shape index (κ1) is 17.3. The van der Waals surface area contributed by atoms with Gasteiger partial charge in [-0.25, -0.2) is 0 Å². The van der Waals surface area contributed by atoms with Gasteiger partial charge in [-0.3, -0.25) is 15.6 Å². The summed E-state index contributed by atoms with van der Waals surface area (Å²) in [4.78, 5) is 11.7. The molecule has 0 fully saturated rings. The van der Waals surface area contributed by atoms with E-state index in [1.54, 1.807) is 30.3 Å². The maximum atomic E-state index is 11.7. The van der Waals surface area contributed by atoms with Crippen LogP contribution in [0.1, 0.15) is 0 Å². The quantitative estimate of drug-likeness (QED) is 0.313. The molecular formula is C13H20N2O6. The molecule has 1 aromatic carbocycles. The molecule has 0 aliphatic rings. The summed E-state index contributed by atoms with van der Waals surface area (Å²) in [6, 6.07) is 8.68. The highest BCUT2D eigenvalue weighted by atomic mass is 16.5. The van der Waals surface area contributed by atoms with Crippen molar-refractivity contribution in [3.05, 3.63) is 30.3 Å². The van der Waals surface area contributed by atoms with E-state index in [0.29, 0.717) is 5.69 Å². The molecule has 21 heavy (non-hydrogen) atoms. The zero-order valence-corrected chi connectivity index (χ0v) is 11.5. The van der Waals surface area contributed by atoms with E-state index < -0.39 is 36.9 Å². The van der Waals surface area contributed by atoms with E-state index >= 15 is 0 Å². The van der Waals surface area contributed by atoms with Gasteiger partial charge in [-0.15, -0.1) is 0 Å². The minimum Gasteiger partial charge on any atom is -0.394 e. The third kappa shape index (κ3) is 4.96. The SMILES string of the molecule is CO[C@H]([C@H](O)[C@H](O)C(=O)NNc1ccccc1)[C@H](O)CO. The number of hydrogen-bond donors (Lipinski definition) is 6. The number of carbonyl (C=O) groups is 1. The van der Waals surface area contributed by atoms with Crippen molar-refractivity contribution < 1.29 is 30.0 Å². The molecule has 0 spiro atoms. The Morgan fingerprint density at radius 3 is 2.38 bits per heavy atom. The number of ether oxygens (including phenoxy) is 1. The van der Waals surface area contributed by atoms with Crippen molar-refractivity contribution in [3.8, 4) is 0 Å². The van der Waals surface area contributed by atoms with Gasteiger partial charge in [0.2, 0.25) is 0 Å². The topological polar surface area (TPSA) is 131 Å². The number of hydrazine groups is 1. The van der Waals surface area contributed by atoms with Crippen LogP contribution in [0.5, 0.6) is 0 Å². The Morgan fingerprint density at radius 2 is 1.86 bits per heavy atom. The molecule has 0 saturated carbocycles. The smallest absolute Gasteiger partial charge is 0.269 e. The zero-order chi connectivity index (χ0) is 15.8. The number of aliphatic hydroxyl groups is 4. The number of benzene rings is 1. The molecule has 1 rings (SSSR count). The first-order chi connectivity index (χ1) is 10.0. The van der Waals surface area contributed by atoms with E-state index in [0.717, 1.165) is 0 Å². The van der Waals surface area contributed by atoms with E-state index in [1.165, 1.54) is 7.11 Å². The van der Waals surface area contributed by atoms with Gasteiger partial charge < -0.3 is 25.2 Å². The fraction of sp³-hybridized carbons (Fsp3) is 0.462. The number of amides is 1. The van der Waals surface area contributed by atoms with Crippen molar-refractivity contribution >= 4 is 11.6 Å². The summed E-state index contributed by atoms with van der Waals surface area (Å²) >= 11 is 0. The third-order valence-electron chi connectivity index (χ3n) is 2.87. The van der Waals surface area contributed by atoms with Gasteiger partial charge in [-0.1, -0.05) is 18.2 Å². The van der Waals surface area contributed by atoms with Gasteiger partial charge in [-0.2, -0.15) is 0 Å². The molecule has 0 aliphatic carbocycles. The number of hydrogen-bond acceptors (Lipinski definition) is 7. The van der Waals surface area contributed by atoms with Crippen LogP contribution in [0.4, 0.5) is 5.69 Å². The second kappa shape index (κ2) is 8.55. The summed E-state index contributed by atoms with van der Waals surface area (Å²) < 4.78 is 4.78. The van der Waals surface area contributed by atoms with E-state index in [2.05, 4.69) is 10.9 Å². The molecule has 0 bridgehead atoms. The largest absolute Gasteiger partial charge is 0.394 e. The van der Waals surface area contributed by atoms with E-state index in [-0.39, 0.29) is 0 Å². The number of rotatable bonds is 8. The van der Waals surface area contributed by atoms with Crippen LogP contribution >= 0.6 is 0 Å². The molecule has 1 amide bonds. The van der Waals surface area contributed by atoms with Gasteiger partial charge in [0.05, 0.1) is 12.3 Å². The predicted molar refractivity (Wildman–Crippen MR) is 74.1 cm³/mol. The van der Waals surface area contributed by atoms with Crippen molar-refractivity contribution in [1.82, 2.24) is 5.43 Å². The van der Waals surface area contributed by atoms with Crippen molar-refractivity contribution in [2.24, 2.45) is 0 Å². The van der Waals surface area contributed by atoms with Crippen LogP contribution in [0.2, 0.25) is 0 Å². The molecule has 118 valence electrons. The Hall–Kier alpha value is -1.71. The van der Waals surface area contributed by atoms with Crippen molar-refractivity contribution in [3.63, 3.8) is 0 Å². The average molecular weight is 300 g/mol. The average Bonchev–Trinajstić information content (AvgIpc) is 2.53. The molecule has 0 saturated heterocycles. The number of anilines is 1. The van der Waals surface area contributed by atoms with Gasteiger partial charge in [0, 0.05) is 7.11 Å². The molecule has 0 heterocycles. The highest BCUT2D eigenvalue weighted by Crippen LogP contribution is 2.09. The van der Waals surface area contributed by atoms with E-state index in [4.69, 9.17) is 9.84 Å². The number of aliphatic hydroxyl groups excluding tert-OH is 4. The summed E-state index contributed by atoms with van der Waals surface area (Å²) in [6.07, 6.45) is -6.26. The van der Waals surface area contributed by atoms with Gasteiger partial charge in [0.15, 0.2) is 6.10 Å². The van der Waals surface area contributed by atoms with Crippen molar-refractivity contribution in [2.45, 2.75) is 24.4 Å². The molecule has 6 N–H and O–H groups in total. The molecule has 0 unspecified atom stereocenters. The lowest BCUT2D eigenvalue weighted by atomic mass is 10.0. The zero-order valence-electron chi connectivity index (χ0n) is 11.5. The third-order valence-corrected chi connectivity index (χ3v) is 2.87. The van der Waals surface area contributed by atoms with Crippen LogP contribution in [0, 0.1) is 0 Å². The molecule has 8 heteroatoms. The van der Waals surface area contributed by atoms with Crippen LogP contribution in [0.15, 0.2) is 30.3 Å². The Kier molecular flexibility index (Phi) is 7.06. The van der Waals surface area contributed by atoms with Gasteiger partial charge in [-0.05, 0) is 12.1 Å². The van der Waals surface area contributed by atoms with Crippen LogP contribution in [0.3, 0.4) is 0 Å². The van der Waals surface area contributed by atoms with E-state index in [9.17, 15) is 20.1 Å². The first-order valence-corrected chi connectivity index (χ1v) is 6.30. The highest BCUT2D eigenvalue weighted by Gasteiger charge is 2.35. The minimum atomic E-state index is -1.84. The molecule has 4 atom stereocenters. The Balaban J connectivity index is 2.56. The normalized spacial score (nSPS) is 16.6. The monoisotopic (exact) mass is 300 g/mol. The number of methoxy groups -OCH3 is 1. The molecular weight excluding hydrogens is 280 g/mol. The van der Waals surface area contributed by atoms with Gasteiger partial charge >= 0.3 is 0 Å². The summed E-state index contributed by atoms with van der Waals surface area (Å²) in [7, 11) is 1.18. The van der Waals surface area contributed by atoms with Crippen LogP contribution in [-0.2, 0) is 9.53 Å². The minimum absolute atomic E-state index is 0.589. The maximum absolute atomic E-state index is 11.7. The number of nitrogens with one attached hydrogen (secondary N) is 2. The first-order valence-electron chi connectivity index (χ1n) is 6.30. The summed E-state index contributed by atoms with van der Waals surface area (Å²) in [5, 5.41) is 37.8. The van der Waals surface area contributed by atoms with Crippen LogP contribution in [-0.4, -0.2) is 64.5 Å².